The van der Waals surface area contributed by atoms with Crippen molar-refractivity contribution in [3.05, 3.63) is 41.0 Å². The lowest BCUT2D eigenvalue weighted by Gasteiger charge is -2.16. The van der Waals surface area contributed by atoms with Crippen LogP contribution in [-0.4, -0.2) is 38.2 Å². The Labute approximate surface area is 166 Å². The van der Waals surface area contributed by atoms with Gasteiger partial charge in [-0.2, -0.15) is 4.98 Å². The predicted octanol–water partition coefficient (Wildman–Crippen LogP) is 2.04. The highest BCUT2D eigenvalue weighted by Crippen LogP contribution is 2.24. The van der Waals surface area contributed by atoms with Crippen molar-refractivity contribution < 1.29 is 12.9 Å². The van der Waals surface area contributed by atoms with E-state index < -0.39 is 10.0 Å². The fourth-order valence-corrected chi connectivity index (χ4v) is 4.19. The second-order valence-corrected chi connectivity index (χ2v) is 8.55. The molecule has 2 N–H and O–H groups in total. The number of nitrogens with zero attached hydrogens (tertiary/aromatic N) is 2. The summed E-state index contributed by atoms with van der Waals surface area (Å²) in [5, 5.41) is 7.03. The third kappa shape index (κ3) is 5.75. The molecular weight excluding hydrogens is 388 g/mol. The third-order valence-electron chi connectivity index (χ3n) is 4.75. The molecule has 2 aromatic rings. The minimum atomic E-state index is -3.53. The van der Waals surface area contributed by atoms with E-state index in [-0.39, 0.29) is 25.0 Å². The standard InChI is InChI=1S/C18H26N4O3S.ClH/c1-13(19-2)11-17-21-18(25-22-17)9-10-20-26(23,24)16-8-7-14-5-3-4-6-15(14)12-16;/h7-8,12-13,19-20H,3-6,9-11H2,1-2H3;1H. The molecule has 0 spiro atoms. The Hall–Kier alpha value is -1.48. The summed E-state index contributed by atoms with van der Waals surface area (Å²) in [6, 6.07) is 5.69. The molecule has 1 aromatic heterocycles. The Kier molecular flexibility index (Phi) is 7.79. The molecule has 0 radical (unpaired) electrons. The number of hydrogen-bond donors (Lipinski definition) is 2. The molecule has 0 saturated heterocycles. The van der Waals surface area contributed by atoms with Crippen molar-refractivity contribution >= 4 is 22.4 Å². The van der Waals surface area contributed by atoms with Crippen LogP contribution < -0.4 is 10.0 Å². The van der Waals surface area contributed by atoms with Gasteiger partial charge in [0.2, 0.25) is 15.9 Å². The maximum Gasteiger partial charge on any atom is 0.240 e. The highest BCUT2D eigenvalue weighted by atomic mass is 35.5. The SMILES string of the molecule is CNC(C)Cc1noc(CCNS(=O)(=O)c2ccc3c(c2)CCCC3)n1.Cl. The number of halogens is 1. The highest BCUT2D eigenvalue weighted by Gasteiger charge is 2.18. The number of aromatic nitrogens is 2. The highest BCUT2D eigenvalue weighted by molar-refractivity contribution is 7.89. The third-order valence-corrected chi connectivity index (χ3v) is 6.21. The Balaban J connectivity index is 0.00000261. The van der Waals surface area contributed by atoms with Crippen molar-refractivity contribution in [1.82, 2.24) is 20.2 Å². The molecular formula is C18H27ClN4O3S. The number of nitrogens with one attached hydrogen (secondary N) is 2. The first-order valence-corrected chi connectivity index (χ1v) is 10.6. The molecule has 1 aliphatic carbocycles. The lowest BCUT2D eigenvalue weighted by molar-refractivity contribution is 0.371. The molecule has 0 aliphatic heterocycles. The molecule has 1 heterocycles. The van der Waals surface area contributed by atoms with Gasteiger partial charge in [0, 0.05) is 25.4 Å². The summed E-state index contributed by atoms with van der Waals surface area (Å²) < 4.78 is 32.8. The number of fused-ring (bicyclic) bond motifs is 1. The molecule has 1 atom stereocenters. The van der Waals surface area contributed by atoms with Gasteiger partial charge >= 0.3 is 0 Å². The van der Waals surface area contributed by atoms with Gasteiger partial charge in [-0.3, -0.25) is 0 Å². The van der Waals surface area contributed by atoms with E-state index in [0.29, 0.717) is 29.5 Å². The summed E-state index contributed by atoms with van der Waals surface area (Å²) in [5.41, 5.74) is 2.42. The normalized spacial score (nSPS) is 15.0. The van der Waals surface area contributed by atoms with Crippen LogP contribution in [-0.2, 0) is 35.7 Å². The predicted molar refractivity (Wildman–Crippen MR) is 106 cm³/mol. The minimum Gasteiger partial charge on any atom is -0.339 e. The topological polar surface area (TPSA) is 97.1 Å². The zero-order valence-electron chi connectivity index (χ0n) is 15.7. The molecule has 7 nitrogen and oxygen atoms in total. The molecule has 1 aliphatic rings. The molecule has 0 amide bonds. The van der Waals surface area contributed by atoms with Crippen molar-refractivity contribution in [3.8, 4) is 0 Å². The maximum absolute atomic E-state index is 12.5. The number of benzene rings is 1. The summed E-state index contributed by atoms with van der Waals surface area (Å²) in [6.45, 7) is 2.26. The van der Waals surface area contributed by atoms with Gasteiger partial charge in [-0.05, 0) is 62.9 Å². The van der Waals surface area contributed by atoms with Crippen LogP contribution in [0.4, 0.5) is 0 Å². The van der Waals surface area contributed by atoms with Crippen molar-refractivity contribution in [2.45, 2.75) is 56.4 Å². The monoisotopic (exact) mass is 414 g/mol. The first-order valence-electron chi connectivity index (χ1n) is 9.08. The van der Waals surface area contributed by atoms with Crippen molar-refractivity contribution in [3.63, 3.8) is 0 Å². The Bertz CT molecular complexity index is 854. The van der Waals surface area contributed by atoms with Gasteiger partial charge < -0.3 is 9.84 Å². The van der Waals surface area contributed by atoms with E-state index in [1.54, 1.807) is 12.1 Å². The average Bonchev–Trinajstić information content (AvgIpc) is 3.08. The number of likely N-dealkylation sites (N-methyl/N-ethyl adjacent to an activating group) is 1. The molecule has 9 heteroatoms. The van der Waals surface area contributed by atoms with Gasteiger partial charge in [0.05, 0.1) is 4.90 Å². The van der Waals surface area contributed by atoms with E-state index in [0.717, 1.165) is 24.8 Å². The average molecular weight is 415 g/mol. The number of aryl methyl sites for hydroxylation is 2. The maximum atomic E-state index is 12.5. The van der Waals surface area contributed by atoms with Crippen LogP contribution in [0.25, 0.3) is 0 Å². The molecule has 150 valence electrons. The molecule has 1 aromatic carbocycles. The quantitative estimate of drug-likeness (QED) is 0.686. The van der Waals surface area contributed by atoms with E-state index in [4.69, 9.17) is 4.52 Å². The van der Waals surface area contributed by atoms with Crippen LogP contribution in [0.1, 0.15) is 42.6 Å². The minimum absolute atomic E-state index is 0. The zero-order chi connectivity index (χ0) is 18.6. The van der Waals surface area contributed by atoms with Crippen molar-refractivity contribution in [2.24, 2.45) is 0 Å². The summed E-state index contributed by atoms with van der Waals surface area (Å²) >= 11 is 0. The van der Waals surface area contributed by atoms with Crippen LogP contribution in [0.15, 0.2) is 27.6 Å². The van der Waals surface area contributed by atoms with Crippen molar-refractivity contribution in [2.75, 3.05) is 13.6 Å². The second kappa shape index (κ2) is 9.64. The van der Waals surface area contributed by atoms with Gasteiger partial charge in [0.1, 0.15) is 0 Å². The van der Waals surface area contributed by atoms with Crippen LogP contribution in [0.2, 0.25) is 0 Å². The summed E-state index contributed by atoms with van der Waals surface area (Å²) in [6.07, 6.45) is 5.32. The van der Waals surface area contributed by atoms with Gasteiger partial charge in [0.15, 0.2) is 5.82 Å². The fraction of sp³-hybridized carbons (Fsp3) is 0.556. The Morgan fingerprint density at radius 3 is 2.70 bits per heavy atom. The summed E-state index contributed by atoms with van der Waals surface area (Å²) in [7, 11) is -1.65. The van der Waals surface area contributed by atoms with Crippen LogP contribution in [0, 0.1) is 0 Å². The van der Waals surface area contributed by atoms with E-state index in [1.807, 2.05) is 20.0 Å². The van der Waals surface area contributed by atoms with E-state index >= 15 is 0 Å². The second-order valence-electron chi connectivity index (χ2n) is 6.78. The Morgan fingerprint density at radius 1 is 1.22 bits per heavy atom. The first kappa shape index (κ1) is 21.8. The largest absolute Gasteiger partial charge is 0.339 e. The van der Waals surface area contributed by atoms with E-state index in [2.05, 4.69) is 20.2 Å². The molecule has 0 saturated carbocycles. The number of hydrogen-bond acceptors (Lipinski definition) is 6. The lowest BCUT2D eigenvalue weighted by atomic mass is 9.92. The smallest absolute Gasteiger partial charge is 0.240 e. The summed E-state index contributed by atoms with van der Waals surface area (Å²) in [4.78, 5) is 4.62. The van der Waals surface area contributed by atoms with E-state index in [1.165, 1.54) is 12.0 Å². The van der Waals surface area contributed by atoms with Crippen LogP contribution in [0.5, 0.6) is 0 Å². The molecule has 27 heavy (non-hydrogen) atoms. The lowest BCUT2D eigenvalue weighted by Crippen LogP contribution is -2.26. The number of rotatable bonds is 8. The van der Waals surface area contributed by atoms with Gasteiger partial charge in [0.25, 0.3) is 0 Å². The van der Waals surface area contributed by atoms with Crippen molar-refractivity contribution in [1.29, 1.82) is 0 Å². The molecule has 3 rings (SSSR count). The van der Waals surface area contributed by atoms with Gasteiger partial charge in [-0.25, -0.2) is 13.1 Å². The first-order chi connectivity index (χ1) is 12.5. The zero-order valence-corrected chi connectivity index (χ0v) is 17.3. The number of sulfonamides is 1. The molecule has 0 bridgehead atoms. The van der Waals surface area contributed by atoms with Gasteiger partial charge in [-0.15, -0.1) is 12.4 Å². The van der Waals surface area contributed by atoms with Crippen LogP contribution in [0.3, 0.4) is 0 Å². The molecule has 0 fully saturated rings. The van der Waals surface area contributed by atoms with Gasteiger partial charge in [-0.1, -0.05) is 11.2 Å². The molecule has 1 unspecified atom stereocenters. The van der Waals surface area contributed by atoms with Crippen LogP contribution >= 0.6 is 12.4 Å². The van der Waals surface area contributed by atoms with E-state index in [9.17, 15) is 8.42 Å². The summed E-state index contributed by atoms with van der Waals surface area (Å²) in [5.74, 6) is 1.07. The fourth-order valence-electron chi connectivity index (χ4n) is 3.10. The Morgan fingerprint density at radius 2 is 1.96 bits per heavy atom.